The summed E-state index contributed by atoms with van der Waals surface area (Å²) in [7, 11) is -3.76. The highest BCUT2D eigenvalue weighted by atomic mass is 32.2. The number of benzene rings is 2. The third-order valence-corrected chi connectivity index (χ3v) is 10.2. The van der Waals surface area contributed by atoms with Gasteiger partial charge in [0, 0.05) is 37.3 Å². The van der Waals surface area contributed by atoms with Crippen molar-refractivity contribution in [3.05, 3.63) is 76.4 Å². The number of anilines is 2. The van der Waals surface area contributed by atoms with Crippen LogP contribution in [-0.4, -0.2) is 76.1 Å². The Labute approximate surface area is 241 Å². The second-order valence-corrected chi connectivity index (χ2v) is 13.2. The molecule has 0 atom stereocenters. The maximum atomic E-state index is 15.1. The van der Waals surface area contributed by atoms with E-state index in [1.807, 2.05) is 0 Å². The van der Waals surface area contributed by atoms with Crippen molar-refractivity contribution >= 4 is 50.1 Å². The lowest BCUT2D eigenvalue weighted by atomic mass is 9.96. The first-order chi connectivity index (χ1) is 19.7. The fourth-order valence-electron chi connectivity index (χ4n) is 4.98. The topological polar surface area (TPSA) is 113 Å². The van der Waals surface area contributed by atoms with Crippen LogP contribution in [0.5, 0.6) is 0 Å². The van der Waals surface area contributed by atoms with Crippen molar-refractivity contribution in [1.29, 1.82) is 0 Å². The highest BCUT2D eigenvalue weighted by Gasteiger charge is 2.34. The number of sulfone groups is 1. The minimum atomic E-state index is -3.76. The number of halogens is 1. The van der Waals surface area contributed by atoms with Gasteiger partial charge in [0.25, 0.3) is 5.91 Å². The molecule has 0 aliphatic carbocycles. The van der Waals surface area contributed by atoms with Crippen molar-refractivity contribution in [2.75, 3.05) is 55.4 Å². The van der Waals surface area contributed by atoms with E-state index < -0.39 is 39.0 Å². The quantitative estimate of drug-likeness (QED) is 0.264. The normalized spacial score (nSPS) is 16.1. The zero-order valence-electron chi connectivity index (χ0n) is 22.3. The van der Waals surface area contributed by atoms with Crippen molar-refractivity contribution in [3.63, 3.8) is 0 Å². The van der Waals surface area contributed by atoms with E-state index in [-0.39, 0.29) is 28.3 Å². The number of rotatable bonds is 11. The molecule has 5 rings (SSSR count). The summed E-state index contributed by atoms with van der Waals surface area (Å²) in [6, 6.07) is 12.0. The second kappa shape index (κ2) is 12.6. The zero-order valence-corrected chi connectivity index (χ0v) is 23.9. The number of hydrogen-bond donors (Lipinski definition) is 1. The van der Waals surface area contributed by atoms with Crippen molar-refractivity contribution < 1.29 is 31.9 Å². The lowest BCUT2D eigenvalue weighted by Gasteiger charge is -2.28. The largest absolute Gasteiger partial charge is 0.385 e. The van der Waals surface area contributed by atoms with Crippen molar-refractivity contribution in [2.45, 2.75) is 23.5 Å². The monoisotopic (exact) mass is 599 g/mol. The van der Waals surface area contributed by atoms with Gasteiger partial charge in [0.05, 0.1) is 25.3 Å². The highest BCUT2D eigenvalue weighted by molar-refractivity contribution is 7.94. The molecule has 0 spiro atoms. The number of fused-ring (bicyclic) bond motifs is 1. The lowest BCUT2D eigenvalue weighted by molar-refractivity contribution is -0.118. The van der Waals surface area contributed by atoms with E-state index in [9.17, 15) is 22.8 Å². The Balaban J connectivity index is 1.21. The maximum Gasteiger partial charge on any atom is 0.265 e. The number of carbonyl (C=O) groups excluding carboxylic acids is 3. The van der Waals surface area contributed by atoms with Crippen molar-refractivity contribution in [3.8, 4) is 0 Å². The Morgan fingerprint density at radius 2 is 1.88 bits per heavy atom. The molecule has 0 unspecified atom stereocenters. The maximum absolute atomic E-state index is 15.1. The van der Waals surface area contributed by atoms with Gasteiger partial charge in [0.15, 0.2) is 15.6 Å². The molecule has 0 radical (unpaired) electrons. The average Bonchev–Trinajstić information content (AvgIpc) is 3.49. The van der Waals surface area contributed by atoms with E-state index >= 15 is 4.39 Å². The predicted molar refractivity (Wildman–Crippen MR) is 154 cm³/mol. The van der Waals surface area contributed by atoms with Crippen molar-refractivity contribution in [1.82, 2.24) is 4.90 Å². The summed E-state index contributed by atoms with van der Waals surface area (Å²) in [5, 5.41) is 4.95. The Morgan fingerprint density at radius 1 is 1.07 bits per heavy atom. The van der Waals surface area contributed by atoms with Gasteiger partial charge in [-0.05, 0) is 65.9 Å². The van der Waals surface area contributed by atoms with E-state index in [1.54, 1.807) is 29.6 Å². The van der Waals surface area contributed by atoms with Crippen LogP contribution in [0.3, 0.4) is 0 Å². The molecule has 3 heterocycles. The number of nitrogens with zero attached hydrogens (tertiary/aromatic N) is 2. The van der Waals surface area contributed by atoms with Crippen LogP contribution < -0.4 is 10.2 Å². The number of hydrogen-bond acceptors (Lipinski definition) is 9. The van der Waals surface area contributed by atoms with Gasteiger partial charge in [-0.1, -0.05) is 12.1 Å². The Bertz CT molecular complexity index is 1550. The van der Waals surface area contributed by atoms with Gasteiger partial charge in [-0.25, -0.2) is 17.7 Å². The standard InChI is InChI=1S/C29H30FN3O6S2/c30-25-16-20(15-23(34)19-41(37,38)28-3-1-14-40-28)4-7-26(25)33-27(35)18-21-17-22(5-6-24(21)29(33)36)31-8-2-9-32-10-12-39-13-11-32/h1,3-7,14,16-17,31H,2,8-13,15,18-19H2. The fraction of sp³-hybridized carbons (Fsp3) is 0.345. The number of amides is 2. The van der Waals surface area contributed by atoms with Gasteiger partial charge in [0.2, 0.25) is 5.91 Å². The van der Waals surface area contributed by atoms with Gasteiger partial charge in [0.1, 0.15) is 15.8 Å². The van der Waals surface area contributed by atoms with Gasteiger partial charge in [-0.2, -0.15) is 0 Å². The zero-order chi connectivity index (χ0) is 29.0. The van der Waals surface area contributed by atoms with Crippen LogP contribution in [0.4, 0.5) is 15.8 Å². The third kappa shape index (κ3) is 6.89. The average molecular weight is 600 g/mol. The highest BCUT2D eigenvalue weighted by Crippen LogP contribution is 2.30. The molecule has 1 N–H and O–H groups in total. The lowest BCUT2D eigenvalue weighted by Crippen LogP contribution is -2.43. The SMILES string of the molecule is O=C(Cc1ccc(N2C(=O)Cc3cc(NCCCN4CCOCC4)ccc3C2=O)c(F)c1)CS(=O)(=O)c1cccs1. The van der Waals surface area contributed by atoms with Crippen LogP contribution in [0.1, 0.15) is 27.9 Å². The summed E-state index contributed by atoms with van der Waals surface area (Å²) in [6.45, 7) is 5.08. The predicted octanol–water partition coefficient (Wildman–Crippen LogP) is 3.34. The third-order valence-electron chi connectivity index (χ3n) is 7.02. The van der Waals surface area contributed by atoms with E-state index in [4.69, 9.17) is 4.74 Å². The minimum absolute atomic E-state index is 0.0649. The molecule has 2 amide bonds. The molecule has 9 nitrogen and oxygen atoms in total. The molecule has 216 valence electrons. The molecular formula is C29H30FN3O6S2. The van der Waals surface area contributed by atoms with Crippen LogP contribution in [-0.2, 0) is 37.0 Å². The van der Waals surface area contributed by atoms with Crippen LogP contribution >= 0.6 is 11.3 Å². The van der Waals surface area contributed by atoms with E-state index in [2.05, 4.69) is 10.2 Å². The van der Waals surface area contributed by atoms with Crippen LogP contribution in [0.2, 0.25) is 0 Å². The summed E-state index contributed by atoms with van der Waals surface area (Å²) in [4.78, 5) is 41.8. The Hall–Kier alpha value is -3.45. The smallest absolute Gasteiger partial charge is 0.265 e. The summed E-state index contributed by atoms with van der Waals surface area (Å²) in [5.74, 6) is -3.31. The molecule has 12 heteroatoms. The number of carbonyl (C=O) groups is 3. The summed E-state index contributed by atoms with van der Waals surface area (Å²) >= 11 is 1.03. The molecule has 2 aliphatic rings. The van der Waals surface area contributed by atoms with Crippen LogP contribution in [0.25, 0.3) is 0 Å². The number of Topliss-reactive ketones (excluding diaryl/α,β-unsaturated/α-hetero) is 1. The Kier molecular flexibility index (Phi) is 8.93. The number of thiophene rings is 1. The molecule has 0 bridgehead atoms. The molecular weight excluding hydrogens is 569 g/mol. The molecule has 1 aromatic heterocycles. The van der Waals surface area contributed by atoms with Gasteiger partial charge in [-0.15, -0.1) is 11.3 Å². The first-order valence-electron chi connectivity index (χ1n) is 13.3. The van der Waals surface area contributed by atoms with E-state index in [0.29, 0.717) is 11.1 Å². The van der Waals surface area contributed by atoms with Crippen molar-refractivity contribution in [2.24, 2.45) is 0 Å². The summed E-state index contributed by atoms with van der Waals surface area (Å²) < 4.78 is 45.3. The molecule has 1 saturated heterocycles. The molecule has 2 aromatic carbocycles. The van der Waals surface area contributed by atoms with E-state index in [1.165, 1.54) is 18.2 Å². The minimum Gasteiger partial charge on any atom is -0.385 e. The number of ether oxygens (including phenoxy) is 1. The fourth-order valence-corrected chi connectivity index (χ4v) is 7.31. The first kappa shape index (κ1) is 29.1. The number of nitrogens with one attached hydrogen (secondary N) is 1. The molecule has 0 saturated carbocycles. The Morgan fingerprint density at radius 3 is 2.61 bits per heavy atom. The van der Waals surface area contributed by atoms with Crippen LogP contribution in [0, 0.1) is 5.82 Å². The van der Waals surface area contributed by atoms with Gasteiger partial charge >= 0.3 is 0 Å². The first-order valence-corrected chi connectivity index (χ1v) is 15.8. The number of ketones is 1. The number of morpholine rings is 1. The van der Waals surface area contributed by atoms with Gasteiger partial charge < -0.3 is 10.1 Å². The molecule has 2 aliphatic heterocycles. The summed E-state index contributed by atoms with van der Waals surface area (Å²) in [5.41, 5.74) is 1.74. The second-order valence-electron chi connectivity index (χ2n) is 10.0. The summed E-state index contributed by atoms with van der Waals surface area (Å²) in [6.07, 6.45) is 0.577. The molecule has 3 aromatic rings. The molecule has 1 fully saturated rings. The van der Waals surface area contributed by atoms with Crippen LogP contribution in [0.15, 0.2) is 58.1 Å². The molecule has 41 heavy (non-hydrogen) atoms. The van der Waals surface area contributed by atoms with E-state index in [0.717, 1.165) is 73.8 Å². The number of imide groups is 1. The van der Waals surface area contributed by atoms with Gasteiger partial charge in [-0.3, -0.25) is 19.3 Å².